The molecule has 1 heterocycles. The number of ether oxygens (including phenoxy) is 2. The summed E-state index contributed by atoms with van der Waals surface area (Å²) in [4.78, 5) is 17.2. The summed E-state index contributed by atoms with van der Waals surface area (Å²) in [5.74, 6) is 1.34. The third kappa shape index (κ3) is 6.54. The topological polar surface area (TPSA) is 54.0 Å². The van der Waals surface area contributed by atoms with Crippen molar-refractivity contribution in [2.75, 3.05) is 56.2 Å². The number of halogens is 1. The van der Waals surface area contributed by atoms with E-state index in [9.17, 15) is 4.79 Å². The average Bonchev–Trinajstić information content (AvgIpc) is 2.71. The highest BCUT2D eigenvalue weighted by Crippen LogP contribution is 2.29. The highest BCUT2D eigenvalue weighted by molar-refractivity contribution is 5.94. The Morgan fingerprint density at radius 3 is 2.40 bits per heavy atom. The lowest BCUT2D eigenvalue weighted by molar-refractivity contribution is -0.117. The van der Waals surface area contributed by atoms with E-state index in [1.807, 2.05) is 32.0 Å². The second kappa shape index (κ2) is 11.7. The summed E-state index contributed by atoms with van der Waals surface area (Å²) in [5.41, 5.74) is 3.17. The summed E-state index contributed by atoms with van der Waals surface area (Å²) in [6, 6.07) is 14.1. The van der Waals surface area contributed by atoms with Crippen LogP contribution in [0.1, 0.15) is 19.4 Å². The molecule has 1 aliphatic rings. The van der Waals surface area contributed by atoms with Crippen LogP contribution in [0.15, 0.2) is 42.5 Å². The quantitative estimate of drug-likeness (QED) is 0.660. The first-order chi connectivity index (χ1) is 14.1. The number of hydrogen-bond donors (Lipinski definition) is 1. The number of anilines is 2. The summed E-state index contributed by atoms with van der Waals surface area (Å²) in [6.07, 6.45) is 0. The van der Waals surface area contributed by atoms with Gasteiger partial charge in [-0.05, 0) is 50.6 Å². The molecular weight excluding hydrogens is 402 g/mol. The second-order valence-electron chi connectivity index (χ2n) is 7.17. The maximum Gasteiger partial charge on any atom is 0.238 e. The fourth-order valence-corrected chi connectivity index (χ4v) is 3.53. The molecule has 0 bridgehead atoms. The molecule has 1 saturated heterocycles. The zero-order valence-corrected chi connectivity index (χ0v) is 18.7. The van der Waals surface area contributed by atoms with Gasteiger partial charge < -0.3 is 32.1 Å². The minimum Gasteiger partial charge on any atom is -1.00 e. The highest BCUT2D eigenvalue weighted by atomic mass is 35.5. The van der Waals surface area contributed by atoms with E-state index in [-0.39, 0.29) is 18.3 Å². The van der Waals surface area contributed by atoms with Gasteiger partial charge >= 0.3 is 0 Å². The molecule has 0 aromatic heterocycles. The maximum atomic E-state index is 12.6. The van der Waals surface area contributed by atoms with Crippen LogP contribution >= 0.6 is 0 Å². The van der Waals surface area contributed by atoms with Crippen molar-refractivity contribution in [3.8, 4) is 11.5 Å². The Balaban J connectivity index is 0.00000320. The van der Waals surface area contributed by atoms with Crippen molar-refractivity contribution in [3.63, 3.8) is 0 Å². The average molecular weight is 433 g/mol. The van der Waals surface area contributed by atoms with Crippen LogP contribution < -0.4 is 32.1 Å². The van der Waals surface area contributed by atoms with Gasteiger partial charge in [-0.15, -0.1) is 0 Å². The second-order valence-corrected chi connectivity index (χ2v) is 7.17. The predicted octanol–water partition coefficient (Wildman–Crippen LogP) is 0.557. The summed E-state index contributed by atoms with van der Waals surface area (Å²) in [7, 11) is 0. The Bertz CT molecular complexity index is 823. The first kappa shape index (κ1) is 23.8. The number of hydrogen-bond acceptors (Lipinski definition) is 5. The van der Waals surface area contributed by atoms with E-state index >= 15 is 0 Å². The molecule has 0 saturated carbocycles. The zero-order valence-electron chi connectivity index (χ0n) is 18.0. The molecule has 1 amide bonds. The van der Waals surface area contributed by atoms with Crippen LogP contribution in [-0.2, 0) is 4.79 Å². The third-order valence-electron chi connectivity index (χ3n) is 4.94. The molecule has 164 valence electrons. The van der Waals surface area contributed by atoms with Crippen molar-refractivity contribution in [2.24, 2.45) is 0 Å². The number of benzene rings is 2. The van der Waals surface area contributed by atoms with Crippen molar-refractivity contribution in [1.82, 2.24) is 4.90 Å². The van der Waals surface area contributed by atoms with Crippen molar-refractivity contribution in [2.45, 2.75) is 20.8 Å². The van der Waals surface area contributed by atoms with Crippen LogP contribution in [0.2, 0.25) is 0 Å². The molecular formula is C23H31ClN3O3-. The molecule has 0 atom stereocenters. The van der Waals surface area contributed by atoms with Gasteiger partial charge in [0.25, 0.3) is 0 Å². The molecule has 1 fully saturated rings. The maximum absolute atomic E-state index is 12.6. The largest absolute Gasteiger partial charge is 1.00 e. The van der Waals surface area contributed by atoms with Crippen LogP contribution in [0.5, 0.6) is 11.5 Å². The molecule has 2 aromatic rings. The van der Waals surface area contributed by atoms with E-state index < -0.39 is 0 Å². The van der Waals surface area contributed by atoms with Crippen molar-refractivity contribution < 1.29 is 26.7 Å². The fourth-order valence-electron chi connectivity index (χ4n) is 3.53. The van der Waals surface area contributed by atoms with Crippen molar-refractivity contribution in [3.05, 3.63) is 48.0 Å². The van der Waals surface area contributed by atoms with Gasteiger partial charge in [0.05, 0.1) is 25.4 Å². The minimum atomic E-state index is -0.0383. The Morgan fingerprint density at radius 1 is 1.00 bits per heavy atom. The summed E-state index contributed by atoms with van der Waals surface area (Å²) in [6.45, 7) is 11.0. The lowest BCUT2D eigenvalue weighted by Gasteiger charge is -2.35. The van der Waals surface area contributed by atoms with E-state index in [4.69, 9.17) is 9.47 Å². The van der Waals surface area contributed by atoms with Crippen LogP contribution in [0.4, 0.5) is 11.4 Å². The zero-order chi connectivity index (χ0) is 20.6. The Kier molecular flexibility index (Phi) is 9.27. The molecule has 7 heteroatoms. The van der Waals surface area contributed by atoms with E-state index in [0.717, 1.165) is 31.9 Å². The predicted molar refractivity (Wildman–Crippen MR) is 117 cm³/mol. The molecule has 1 aliphatic heterocycles. The monoisotopic (exact) mass is 432 g/mol. The summed E-state index contributed by atoms with van der Waals surface area (Å²) in [5, 5.41) is 2.99. The number of rotatable bonds is 8. The molecule has 0 radical (unpaired) electrons. The Hall–Kier alpha value is -2.44. The molecule has 1 N–H and O–H groups in total. The molecule has 0 unspecified atom stereocenters. The summed E-state index contributed by atoms with van der Waals surface area (Å²) < 4.78 is 11.2. The number of carbonyl (C=O) groups excluding carboxylic acids is 1. The van der Waals surface area contributed by atoms with Gasteiger partial charge in [-0.25, -0.2) is 0 Å². The molecule has 2 aromatic carbocycles. The number of amides is 1. The standard InChI is InChI=1S/C23H31N3O3.ClH/c1-4-28-20-9-10-22(29-5-2)21(16-20)24-23(27)17-25-11-13-26(14-12-25)19-8-6-7-18(3)15-19;/h6-10,15-16H,4-5,11-14,17H2,1-3H3,(H,24,27);1H/p-1. The lowest BCUT2D eigenvalue weighted by Crippen LogP contribution is -3.00. The number of nitrogens with one attached hydrogen (secondary N) is 1. The molecule has 0 aliphatic carbocycles. The van der Waals surface area contributed by atoms with Gasteiger partial charge in [0.15, 0.2) is 0 Å². The molecule has 30 heavy (non-hydrogen) atoms. The van der Waals surface area contributed by atoms with E-state index in [1.165, 1.54) is 11.3 Å². The fraction of sp³-hybridized carbons (Fsp3) is 0.435. The van der Waals surface area contributed by atoms with Gasteiger partial charge in [-0.3, -0.25) is 9.69 Å². The van der Waals surface area contributed by atoms with Gasteiger partial charge in [0.2, 0.25) is 5.91 Å². The number of nitrogens with zero attached hydrogens (tertiary/aromatic N) is 2. The van der Waals surface area contributed by atoms with Crippen LogP contribution in [-0.4, -0.2) is 56.7 Å². The molecule has 3 rings (SSSR count). The molecule has 6 nitrogen and oxygen atoms in total. The van der Waals surface area contributed by atoms with Gasteiger partial charge in [0.1, 0.15) is 11.5 Å². The molecule has 0 spiro atoms. The summed E-state index contributed by atoms with van der Waals surface area (Å²) >= 11 is 0. The van der Waals surface area contributed by atoms with Crippen LogP contribution in [0, 0.1) is 6.92 Å². The van der Waals surface area contributed by atoms with E-state index in [1.54, 1.807) is 0 Å². The SMILES string of the molecule is CCOc1ccc(OCC)c(NC(=O)CN2CCN(c3cccc(C)c3)CC2)c1.[Cl-]. The minimum absolute atomic E-state index is 0. The van der Waals surface area contributed by atoms with Gasteiger partial charge in [-0.1, -0.05) is 12.1 Å². The van der Waals surface area contributed by atoms with Gasteiger partial charge in [-0.2, -0.15) is 0 Å². The van der Waals surface area contributed by atoms with E-state index in [2.05, 4.69) is 46.3 Å². The Morgan fingerprint density at radius 2 is 1.73 bits per heavy atom. The van der Waals surface area contributed by atoms with Crippen LogP contribution in [0.25, 0.3) is 0 Å². The number of piperazine rings is 1. The van der Waals surface area contributed by atoms with Crippen molar-refractivity contribution in [1.29, 1.82) is 0 Å². The number of carbonyl (C=O) groups is 1. The lowest BCUT2D eigenvalue weighted by atomic mass is 10.2. The first-order valence-corrected chi connectivity index (χ1v) is 10.3. The van der Waals surface area contributed by atoms with Gasteiger partial charge in [0, 0.05) is 37.9 Å². The smallest absolute Gasteiger partial charge is 0.238 e. The number of aryl methyl sites for hydroxylation is 1. The Labute approximate surface area is 185 Å². The van der Waals surface area contributed by atoms with Crippen LogP contribution in [0.3, 0.4) is 0 Å². The van der Waals surface area contributed by atoms with E-state index in [0.29, 0.717) is 31.2 Å². The highest BCUT2D eigenvalue weighted by Gasteiger charge is 2.20. The normalized spacial score (nSPS) is 14.0. The van der Waals surface area contributed by atoms with Crippen molar-refractivity contribution >= 4 is 17.3 Å². The first-order valence-electron chi connectivity index (χ1n) is 10.3. The third-order valence-corrected chi connectivity index (χ3v) is 4.94.